The monoisotopic (exact) mass is 286 g/mol. The number of hydrogen-bond donors (Lipinski definition) is 0. The minimum Gasteiger partial charge on any atom is -0.127 e. The van der Waals surface area contributed by atoms with Gasteiger partial charge in [-0.2, -0.15) is 0 Å². The van der Waals surface area contributed by atoms with Crippen LogP contribution in [0.4, 0.5) is 0 Å². The number of benzene rings is 1. The second-order valence-electron chi connectivity index (χ2n) is 7.86. The Morgan fingerprint density at radius 3 is 2.25 bits per heavy atom. The summed E-state index contributed by atoms with van der Waals surface area (Å²) in [6.07, 6.45) is 2.49. The van der Waals surface area contributed by atoms with E-state index in [0.717, 1.165) is 5.92 Å². The molecule has 0 heterocycles. The molecule has 0 radical (unpaired) electrons. The van der Waals surface area contributed by atoms with Crippen molar-refractivity contribution in [1.82, 2.24) is 0 Å². The highest BCUT2D eigenvalue weighted by Gasteiger charge is 2.23. The third-order valence-electron chi connectivity index (χ3n) is 3.58. The highest BCUT2D eigenvalue weighted by molar-refractivity contribution is 6.83. The van der Waals surface area contributed by atoms with Gasteiger partial charge in [0.05, 0.1) is 0 Å². The average Bonchev–Trinajstić information content (AvgIpc) is 2.33. The maximum absolute atomic E-state index is 3.50. The molecule has 0 aliphatic carbocycles. The molecule has 1 heteroatoms. The van der Waals surface area contributed by atoms with E-state index >= 15 is 0 Å². The Hall–Kier alpha value is -1.00. The molecule has 0 saturated carbocycles. The molecule has 1 rings (SSSR count). The Balaban J connectivity index is 3.08. The van der Waals surface area contributed by atoms with Gasteiger partial charge in [-0.1, -0.05) is 77.9 Å². The van der Waals surface area contributed by atoms with Crippen molar-refractivity contribution in [3.63, 3.8) is 0 Å². The lowest BCUT2D eigenvalue weighted by molar-refractivity contribution is 0.414. The maximum Gasteiger partial charge on any atom is 0.129 e. The van der Waals surface area contributed by atoms with E-state index in [9.17, 15) is 0 Å². The third kappa shape index (κ3) is 5.55. The van der Waals surface area contributed by atoms with Crippen LogP contribution in [0.25, 0.3) is 0 Å². The van der Waals surface area contributed by atoms with Gasteiger partial charge in [-0.05, 0) is 29.4 Å². The van der Waals surface area contributed by atoms with Crippen LogP contribution < -0.4 is 0 Å². The molecule has 0 unspecified atom stereocenters. The van der Waals surface area contributed by atoms with Gasteiger partial charge in [0, 0.05) is 5.56 Å². The Labute approximate surface area is 127 Å². The fourth-order valence-electron chi connectivity index (χ4n) is 2.22. The van der Waals surface area contributed by atoms with Crippen LogP contribution in [0.3, 0.4) is 0 Å². The fraction of sp³-hybridized carbons (Fsp3) is 0.579. The van der Waals surface area contributed by atoms with Crippen LogP contribution in [0.5, 0.6) is 0 Å². The van der Waals surface area contributed by atoms with Gasteiger partial charge in [0.25, 0.3) is 0 Å². The smallest absolute Gasteiger partial charge is 0.127 e. The fourth-order valence-corrected chi connectivity index (χ4v) is 2.73. The van der Waals surface area contributed by atoms with Crippen molar-refractivity contribution in [1.29, 1.82) is 0 Å². The Bertz CT molecular complexity index is 492. The topological polar surface area (TPSA) is 0 Å². The summed E-state index contributed by atoms with van der Waals surface area (Å²) < 4.78 is 0. The molecule has 0 amide bonds. The summed E-state index contributed by atoms with van der Waals surface area (Å²) in [6.45, 7) is 16.2. The first-order chi connectivity index (χ1) is 9.12. The van der Waals surface area contributed by atoms with Gasteiger partial charge in [-0.25, -0.2) is 0 Å². The molecule has 0 N–H and O–H groups in total. The quantitative estimate of drug-likeness (QED) is 0.497. The van der Waals surface area contributed by atoms with Crippen molar-refractivity contribution in [2.75, 3.05) is 0 Å². The lowest BCUT2D eigenvalue weighted by atomic mass is 9.77. The number of hydrogen-bond acceptors (Lipinski definition) is 0. The lowest BCUT2D eigenvalue weighted by Crippen LogP contribution is -2.20. The summed E-state index contributed by atoms with van der Waals surface area (Å²) in [5.41, 5.74) is 6.34. The predicted molar refractivity (Wildman–Crippen MR) is 93.8 cm³/mol. The third-order valence-corrected chi connectivity index (χ3v) is 4.45. The van der Waals surface area contributed by atoms with Crippen molar-refractivity contribution in [3.05, 3.63) is 35.4 Å². The van der Waals surface area contributed by atoms with E-state index in [1.807, 2.05) is 0 Å². The molecule has 0 bridgehead atoms. The van der Waals surface area contributed by atoms with Gasteiger partial charge in [-0.15, -0.1) is 5.54 Å². The molecule has 0 saturated heterocycles. The van der Waals surface area contributed by atoms with Crippen LogP contribution in [0.1, 0.15) is 51.7 Å². The Morgan fingerprint density at radius 2 is 1.70 bits per heavy atom. The first-order valence-corrected chi connectivity index (χ1v) is 11.2. The zero-order valence-electron chi connectivity index (χ0n) is 14.3. The average molecular weight is 287 g/mol. The van der Waals surface area contributed by atoms with E-state index in [4.69, 9.17) is 0 Å². The van der Waals surface area contributed by atoms with Crippen LogP contribution in [0.2, 0.25) is 19.6 Å². The van der Waals surface area contributed by atoms with Gasteiger partial charge in [0.15, 0.2) is 0 Å². The van der Waals surface area contributed by atoms with Gasteiger partial charge >= 0.3 is 0 Å². The van der Waals surface area contributed by atoms with Crippen LogP contribution in [-0.2, 0) is 5.41 Å². The standard InChI is InChI=1S/C19H30Si/c1-16(2)12-14-19(3,4)18-11-9-8-10-17(18)13-15-20(5,6)7/h8-11,16H,12,14H2,1-7H3. The molecule has 0 fully saturated rings. The summed E-state index contributed by atoms with van der Waals surface area (Å²) in [5, 5.41) is 0. The molecule has 20 heavy (non-hydrogen) atoms. The minimum absolute atomic E-state index is 0.203. The SMILES string of the molecule is CC(C)CCC(C)(C)c1ccccc1C#C[Si](C)(C)C. The molecule has 0 aromatic heterocycles. The van der Waals surface area contributed by atoms with Gasteiger partial charge in [-0.3, -0.25) is 0 Å². The molecule has 110 valence electrons. The molecule has 0 spiro atoms. The summed E-state index contributed by atoms with van der Waals surface area (Å²) >= 11 is 0. The molecular formula is C19H30Si. The maximum atomic E-state index is 3.50. The molecule has 0 nitrogen and oxygen atoms in total. The van der Waals surface area contributed by atoms with Crippen molar-refractivity contribution in [3.8, 4) is 11.5 Å². The molecule has 0 atom stereocenters. The van der Waals surface area contributed by atoms with Crippen LogP contribution in [-0.4, -0.2) is 8.07 Å². The summed E-state index contributed by atoms with van der Waals surface area (Å²) in [5.74, 6) is 4.22. The molecule has 1 aromatic carbocycles. The van der Waals surface area contributed by atoms with Gasteiger partial charge < -0.3 is 0 Å². The van der Waals surface area contributed by atoms with E-state index in [-0.39, 0.29) is 5.41 Å². The van der Waals surface area contributed by atoms with Crippen molar-refractivity contribution < 1.29 is 0 Å². The summed E-state index contributed by atoms with van der Waals surface area (Å²) in [7, 11) is -1.32. The van der Waals surface area contributed by atoms with Crippen LogP contribution in [0.15, 0.2) is 24.3 Å². The Kier molecular flexibility index (Phi) is 5.65. The van der Waals surface area contributed by atoms with E-state index < -0.39 is 8.07 Å². The summed E-state index contributed by atoms with van der Waals surface area (Å²) in [4.78, 5) is 0. The normalized spacial score (nSPS) is 12.2. The van der Waals surface area contributed by atoms with Crippen LogP contribution in [0, 0.1) is 17.4 Å². The molecular weight excluding hydrogens is 256 g/mol. The highest BCUT2D eigenvalue weighted by atomic mass is 28.3. The van der Waals surface area contributed by atoms with Crippen molar-refractivity contribution >= 4 is 8.07 Å². The first kappa shape index (κ1) is 17.0. The second-order valence-corrected chi connectivity index (χ2v) is 12.6. The molecule has 1 aromatic rings. The zero-order chi connectivity index (χ0) is 15.4. The zero-order valence-corrected chi connectivity index (χ0v) is 15.3. The van der Waals surface area contributed by atoms with E-state index in [1.165, 1.54) is 24.0 Å². The van der Waals surface area contributed by atoms with E-state index in [2.05, 4.69) is 83.1 Å². The van der Waals surface area contributed by atoms with Gasteiger partial charge in [0.2, 0.25) is 0 Å². The number of rotatable bonds is 4. The van der Waals surface area contributed by atoms with E-state index in [1.54, 1.807) is 0 Å². The largest absolute Gasteiger partial charge is 0.129 e. The minimum atomic E-state index is -1.32. The molecule has 0 aliphatic rings. The van der Waals surface area contributed by atoms with E-state index in [0.29, 0.717) is 0 Å². The Morgan fingerprint density at radius 1 is 1.10 bits per heavy atom. The van der Waals surface area contributed by atoms with Crippen molar-refractivity contribution in [2.24, 2.45) is 5.92 Å². The second kappa shape index (κ2) is 6.63. The predicted octanol–water partition coefficient (Wildman–Crippen LogP) is 5.63. The van der Waals surface area contributed by atoms with Gasteiger partial charge in [0.1, 0.15) is 8.07 Å². The highest BCUT2D eigenvalue weighted by Crippen LogP contribution is 2.32. The first-order valence-electron chi connectivity index (χ1n) is 7.74. The summed E-state index contributed by atoms with van der Waals surface area (Å²) in [6, 6.07) is 8.69. The van der Waals surface area contributed by atoms with Crippen molar-refractivity contribution in [2.45, 2.75) is 65.6 Å². The molecule has 0 aliphatic heterocycles. The van der Waals surface area contributed by atoms with Crippen LogP contribution >= 0.6 is 0 Å². The lowest BCUT2D eigenvalue weighted by Gasteiger charge is -2.27.